The van der Waals surface area contributed by atoms with Gasteiger partial charge in [-0.2, -0.15) is 0 Å². The molecule has 5 nitrogen and oxygen atoms in total. The van der Waals surface area contributed by atoms with Crippen molar-refractivity contribution in [2.45, 2.75) is 45.4 Å². The second kappa shape index (κ2) is 10.0. The first-order valence-electron chi connectivity index (χ1n) is 10.8. The Labute approximate surface area is 191 Å². The lowest BCUT2D eigenvalue weighted by Crippen LogP contribution is -2.38. The van der Waals surface area contributed by atoms with Gasteiger partial charge in [0.15, 0.2) is 0 Å². The van der Waals surface area contributed by atoms with Crippen LogP contribution < -0.4 is 9.62 Å². The molecule has 0 aromatic heterocycles. The molecule has 0 aliphatic rings. The lowest BCUT2D eigenvalue weighted by atomic mass is 10.0. The molecule has 0 aliphatic carbocycles. The summed E-state index contributed by atoms with van der Waals surface area (Å²) in [4.78, 5) is 13.3. The number of anilines is 2. The molecule has 0 saturated heterocycles. The summed E-state index contributed by atoms with van der Waals surface area (Å²) >= 11 is 0. The molecule has 3 aromatic carbocycles. The van der Waals surface area contributed by atoms with E-state index in [0.717, 1.165) is 40.8 Å². The van der Waals surface area contributed by atoms with Crippen LogP contribution in [0.3, 0.4) is 0 Å². The normalized spacial score (nSPS) is 11.2. The number of amides is 1. The number of sulfonamides is 1. The Balaban J connectivity index is 2.01. The van der Waals surface area contributed by atoms with E-state index in [1.807, 2.05) is 58.0 Å². The number of hydrogen-bond donors (Lipinski definition) is 1. The Morgan fingerprint density at radius 1 is 0.875 bits per heavy atom. The minimum atomic E-state index is -3.94. The molecule has 0 unspecified atom stereocenters. The van der Waals surface area contributed by atoms with Crippen LogP contribution in [0, 0.1) is 13.8 Å². The quantitative estimate of drug-likeness (QED) is 0.509. The van der Waals surface area contributed by atoms with Gasteiger partial charge < -0.3 is 5.32 Å². The second-order valence-corrected chi connectivity index (χ2v) is 9.68. The monoisotopic (exact) mass is 450 g/mol. The van der Waals surface area contributed by atoms with Gasteiger partial charge >= 0.3 is 0 Å². The number of para-hydroxylation sites is 1. The first-order chi connectivity index (χ1) is 15.3. The number of hydrogen-bond acceptors (Lipinski definition) is 3. The summed E-state index contributed by atoms with van der Waals surface area (Å²) in [5, 5.41) is 2.99. The highest BCUT2D eigenvalue weighted by atomic mass is 32.2. The predicted molar refractivity (Wildman–Crippen MR) is 131 cm³/mol. The number of nitrogens with zero attached hydrogens (tertiary/aromatic N) is 1. The van der Waals surface area contributed by atoms with Crippen molar-refractivity contribution < 1.29 is 13.2 Å². The highest BCUT2D eigenvalue weighted by molar-refractivity contribution is 7.92. The Bertz CT molecular complexity index is 1180. The van der Waals surface area contributed by atoms with E-state index in [1.54, 1.807) is 36.4 Å². The van der Waals surface area contributed by atoms with Crippen molar-refractivity contribution in [3.8, 4) is 0 Å². The van der Waals surface area contributed by atoms with Gasteiger partial charge in [0.1, 0.15) is 6.54 Å². The average Bonchev–Trinajstić information content (AvgIpc) is 2.78. The first kappa shape index (κ1) is 23.5. The molecule has 0 saturated carbocycles. The van der Waals surface area contributed by atoms with Gasteiger partial charge in [-0.15, -0.1) is 0 Å². The molecule has 0 aliphatic heterocycles. The second-order valence-electron chi connectivity index (χ2n) is 7.82. The van der Waals surface area contributed by atoms with Crippen molar-refractivity contribution >= 4 is 27.3 Å². The van der Waals surface area contributed by atoms with E-state index in [0.29, 0.717) is 5.69 Å². The number of nitrogens with one attached hydrogen (secondary N) is 1. The zero-order valence-corrected chi connectivity index (χ0v) is 19.9. The van der Waals surface area contributed by atoms with Crippen molar-refractivity contribution in [2.75, 3.05) is 16.2 Å². The zero-order chi connectivity index (χ0) is 23.3. The number of carbonyl (C=O) groups is 1. The summed E-state index contributed by atoms with van der Waals surface area (Å²) in [5.74, 6) is -0.375. The van der Waals surface area contributed by atoms with Crippen molar-refractivity contribution in [3.05, 3.63) is 89.0 Å². The summed E-state index contributed by atoms with van der Waals surface area (Å²) in [7, 11) is -3.94. The molecule has 0 bridgehead atoms. The van der Waals surface area contributed by atoms with E-state index >= 15 is 0 Å². The molecule has 0 radical (unpaired) electrons. The highest BCUT2D eigenvalue weighted by Crippen LogP contribution is 2.28. The van der Waals surface area contributed by atoms with E-state index in [-0.39, 0.29) is 17.3 Å². The van der Waals surface area contributed by atoms with Crippen LogP contribution in [0.5, 0.6) is 0 Å². The van der Waals surface area contributed by atoms with Gasteiger partial charge in [0.25, 0.3) is 10.0 Å². The van der Waals surface area contributed by atoms with Gasteiger partial charge in [-0.05, 0) is 61.6 Å². The SMILES string of the molecule is CCc1cccc(CC)c1NC(=O)CN(c1ccc(C)cc1C)S(=O)(=O)c1ccccc1. The molecule has 0 fully saturated rings. The molecular formula is C26H30N2O3S. The van der Waals surface area contributed by atoms with Crippen molar-refractivity contribution in [1.29, 1.82) is 0 Å². The van der Waals surface area contributed by atoms with Crippen molar-refractivity contribution in [2.24, 2.45) is 0 Å². The predicted octanol–water partition coefficient (Wildman–Crippen LogP) is 5.26. The Hall–Kier alpha value is -3.12. The number of rotatable bonds is 8. The minimum absolute atomic E-state index is 0.149. The molecule has 6 heteroatoms. The Morgan fingerprint density at radius 3 is 2.06 bits per heavy atom. The number of aryl methyl sites for hydroxylation is 4. The third-order valence-electron chi connectivity index (χ3n) is 5.50. The average molecular weight is 451 g/mol. The Kier molecular flexibility index (Phi) is 7.36. The third kappa shape index (κ3) is 5.02. The van der Waals surface area contributed by atoms with Crippen LogP contribution in [0.25, 0.3) is 0 Å². The summed E-state index contributed by atoms with van der Waals surface area (Å²) in [5.41, 5.74) is 5.15. The summed E-state index contributed by atoms with van der Waals surface area (Å²) < 4.78 is 28.3. The minimum Gasteiger partial charge on any atom is -0.324 e. The topological polar surface area (TPSA) is 66.5 Å². The van der Waals surface area contributed by atoms with Gasteiger partial charge in [-0.1, -0.05) is 67.9 Å². The molecule has 1 N–H and O–H groups in total. The van der Waals surface area contributed by atoms with Gasteiger partial charge in [0, 0.05) is 5.69 Å². The summed E-state index contributed by atoms with van der Waals surface area (Å²) in [6, 6.07) is 19.7. The van der Waals surface area contributed by atoms with E-state index in [4.69, 9.17) is 0 Å². The molecule has 0 heterocycles. The summed E-state index contributed by atoms with van der Waals surface area (Å²) in [6.45, 7) is 7.56. The number of carbonyl (C=O) groups excluding carboxylic acids is 1. The van der Waals surface area contributed by atoms with Gasteiger partial charge in [0.2, 0.25) is 5.91 Å². The van der Waals surface area contributed by atoms with Gasteiger partial charge in [-0.3, -0.25) is 9.10 Å². The Morgan fingerprint density at radius 2 is 1.50 bits per heavy atom. The molecule has 1 amide bonds. The van der Waals surface area contributed by atoms with E-state index in [1.165, 1.54) is 4.31 Å². The third-order valence-corrected chi connectivity index (χ3v) is 7.28. The smallest absolute Gasteiger partial charge is 0.264 e. The maximum absolute atomic E-state index is 13.6. The maximum Gasteiger partial charge on any atom is 0.264 e. The maximum atomic E-state index is 13.6. The fourth-order valence-corrected chi connectivity index (χ4v) is 5.32. The summed E-state index contributed by atoms with van der Waals surface area (Å²) in [6.07, 6.45) is 1.54. The van der Waals surface area contributed by atoms with Crippen LogP contribution in [0.1, 0.15) is 36.1 Å². The molecule has 0 spiro atoms. The zero-order valence-electron chi connectivity index (χ0n) is 19.1. The van der Waals surface area contributed by atoms with E-state index in [9.17, 15) is 13.2 Å². The van der Waals surface area contributed by atoms with Gasteiger partial charge in [0.05, 0.1) is 10.6 Å². The molecule has 0 atom stereocenters. The molecule has 3 rings (SSSR count). The molecular weight excluding hydrogens is 420 g/mol. The van der Waals surface area contributed by atoms with Crippen LogP contribution >= 0.6 is 0 Å². The fraction of sp³-hybridized carbons (Fsp3) is 0.269. The van der Waals surface area contributed by atoms with Crippen LogP contribution in [0.2, 0.25) is 0 Å². The van der Waals surface area contributed by atoms with E-state index < -0.39 is 10.0 Å². The lowest BCUT2D eigenvalue weighted by molar-refractivity contribution is -0.114. The molecule has 32 heavy (non-hydrogen) atoms. The van der Waals surface area contributed by atoms with Crippen LogP contribution in [-0.4, -0.2) is 20.9 Å². The highest BCUT2D eigenvalue weighted by Gasteiger charge is 2.28. The van der Waals surface area contributed by atoms with Crippen LogP contribution in [0.4, 0.5) is 11.4 Å². The van der Waals surface area contributed by atoms with Crippen LogP contribution in [0.15, 0.2) is 71.6 Å². The van der Waals surface area contributed by atoms with Crippen molar-refractivity contribution in [1.82, 2.24) is 0 Å². The number of benzene rings is 3. The lowest BCUT2D eigenvalue weighted by Gasteiger charge is -2.26. The largest absolute Gasteiger partial charge is 0.324 e. The van der Waals surface area contributed by atoms with Crippen molar-refractivity contribution in [3.63, 3.8) is 0 Å². The standard InChI is InChI=1S/C26H30N2O3S/c1-5-21-11-10-12-22(6-2)26(21)27-25(29)18-28(24-16-15-19(3)17-20(24)4)32(30,31)23-13-8-7-9-14-23/h7-17H,5-6,18H2,1-4H3,(H,27,29). The molecule has 168 valence electrons. The fourth-order valence-electron chi connectivity index (χ4n) is 3.82. The van der Waals surface area contributed by atoms with E-state index in [2.05, 4.69) is 5.32 Å². The molecule has 3 aromatic rings. The first-order valence-corrected chi connectivity index (χ1v) is 12.3. The van der Waals surface area contributed by atoms with Crippen LogP contribution in [-0.2, 0) is 27.7 Å². The van der Waals surface area contributed by atoms with Gasteiger partial charge in [-0.25, -0.2) is 8.42 Å².